The van der Waals surface area contributed by atoms with E-state index >= 15 is 0 Å². The zero-order valence-electron chi connectivity index (χ0n) is 17.1. The Kier molecular flexibility index (Phi) is 6.72. The third kappa shape index (κ3) is 5.32. The molecule has 1 aromatic carbocycles. The van der Waals surface area contributed by atoms with Crippen LogP contribution in [0.3, 0.4) is 0 Å². The number of nitrogens with one attached hydrogen (secondary N) is 1. The molecule has 0 spiro atoms. The van der Waals surface area contributed by atoms with Crippen LogP contribution in [0.15, 0.2) is 42.7 Å². The fraction of sp³-hybridized carbons (Fsp3) is 0.522. The highest BCUT2D eigenvalue weighted by molar-refractivity contribution is 5.79. The minimum atomic E-state index is 0.0212. The predicted octanol–water partition coefficient (Wildman–Crippen LogP) is 2.96. The molecule has 6 heteroatoms. The second-order valence-electron chi connectivity index (χ2n) is 8.12. The Bertz CT molecular complexity index is 774. The van der Waals surface area contributed by atoms with Crippen LogP contribution in [0, 0.1) is 5.92 Å². The Labute approximate surface area is 173 Å². The molecular weight excluding hydrogens is 362 g/mol. The Morgan fingerprint density at radius 1 is 1.00 bits per heavy atom. The second-order valence-corrected chi connectivity index (χ2v) is 8.12. The first kappa shape index (κ1) is 19.8. The highest BCUT2D eigenvalue weighted by atomic mass is 16.1. The Balaban J connectivity index is 1.27. The Morgan fingerprint density at radius 2 is 1.76 bits per heavy atom. The maximum absolute atomic E-state index is 12.6. The quantitative estimate of drug-likeness (QED) is 0.733. The maximum atomic E-state index is 12.6. The highest BCUT2D eigenvalue weighted by Crippen LogP contribution is 2.23. The van der Waals surface area contributed by atoms with Crippen molar-refractivity contribution in [3.63, 3.8) is 0 Å². The highest BCUT2D eigenvalue weighted by Gasteiger charge is 2.27. The fourth-order valence-corrected chi connectivity index (χ4v) is 4.30. The van der Waals surface area contributed by atoms with Gasteiger partial charge in [0.2, 0.25) is 11.9 Å². The molecule has 1 amide bonds. The van der Waals surface area contributed by atoms with Crippen molar-refractivity contribution in [2.24, 2.45) is 5.92 Å². The summed E-state index contributed by atoms with van der Waals surface area (Å²) in [6.07, 6.45) is 9.36. The Hall–Kier alpha value is -2.47. The third-order valence-electron chi connectivity index (χ3n) is 5.97. The van der Waals surface area contributed by atoms with Crippen molar-refractivity contribution in [1.29, 1.82) is 0 Å². The average Bonchev–Trinajstić information content (AvgIpc) is 3.31. The minimum Gasteiger partial charge on any atom is -0.356 e. The molecule has 0 aliphatic carbocycles. The topological polar surface area (TPSA) is 61.4 Å². The molecular formula is C23H31N5O. The number of nitrogens with zero attached hydrogens (tertiary/aromatic N) is 4. The first-order chi connectivity index (χ1) is 14.3. The summed E-state index contributed by atoms with van der Waals surface area (Å²) in [7, 11) is 0. The summed E-state index contributed by atoms with van der Waals surface area (Å²) < 4.78 is 0. The van der Waals surface area contributed by atoms with Crippen LogP contribution in [-0.4, -0.2) is 60.0 Å². The third-order valence-corrected chi connectivity index (χ3v) is 5.97. The minimum absolute atomic E-state index is 0.0212. The van der Waals surface area contributed by atoms with Crippen LogP contribution >= 0.6 is 0 Å². The molecule has 6 nitrogen and oxygen atoms in total. The monoisotopic (exact) mass is 393 g/mol. The molecule has 2 aliphatic heterocycles. The summed E-state index contributed by atoms with van der Waals surface area (Å²) >= 11 is 0. The number of likely N-dealkylation sites (tertiary alicyclic amines) is 1. The average molecular weight is 394 g/mol. The second kappa shape index (κ2) is 9.83. The van der Waals surface area contributed by atoms with Gasteiger partial charge in [0.05, 0.1) is 5.92 Å². The van der Waals surface area contributed by atoms with Gasteiger partial charge in [-0.1, -0.05) is 30.3 Å². The number of anilines is 1. The summed E-state index contributed by atoms with van der Waals surface area (Å²) in [5, 5.41) is 3.15. The molecule has 2 aromatic rings. The van der Waals surface area contributed by atoms with Gasteiger partial charge in [-0.25, -0.2) is 9.97 Å². The van der Waals surface area contributed by atoms with Crippen LogP contribution in [0.5, 0.6) is 0 Å². The van der Waals surface area contributed by atoms with E-state index in [9.17, 15) is 4.79 Å². The number of hydrogen-bond acceptors (Lipinski definition) is 5. The van der Waals surface area contributed by atoms with Crippen LogP contribution in [0.4, 0.5) is 5.95 Å². The zero-order chi connectivity index (χ0) is 19.9. The fourth-order valence-electron chi connectivity index (χ4n) is 4.30. The lowest BCUT2D eigenvalue weighted by Crippen LogP contribution is -2.44. The van der Waals surface area contributed by atoms with Gasteiger partial charge in [-0.3, -0.25) is 4.79 Å². The summed E-state index contributed by atoms with van der Waals surface area (Å²) in [4.78, 5) is 26.4. The Morgan fingerprint density at radius 3 is 2.52 bits per heavy atom. The number of aromatic nitrogens is 2. The number of benzene rings is 1. The molecule has 1 aromatic heterocycles. The lowest BCUT2D eigenvalue weighted by molar-refractivity contribution is -0.125. The van der Waals surface area contributed by atoms with Crippen LogP contribution in [0.25, 0.3) is 11.1 Å². The molecule has 1 atom stereocenters. The van der Waals surface area contributed by atoms with Crippen LogP contribution in [-0.2, 0) is 4.79 Å². The van der Waals surface area contributed by atoms with Gasteiger partial charge < -0.3 is 15.1 Å². The first-order valence-electron chi connectivity index (χ1n) is 10.9. The van der Waals surface area contributed by atoms with Gasteiger partial charge in [0, 0.05) is 37.6 Å². The standard InChI is InChI=1S/C23H31N5O/c29-22(24-11-7-14-27-12-4-5-13-27)20-10-6-15-28(18-20)23-25-16-21(17-26-23)19-8-2-1-3-9-19/h1-3,8-9,16-17,20H,4-7,10-15,18H2,(H,24,29)/t20-/m1/s1. The summed E-state index contributed by atoms with van der Waals surface area (Å²) in [6.45, 7) is 5.90. The van der Waals surface area contributed by atoms with Crippen molar-refractivity contribution in [3.8, 4) is 11.1 Å². The SMILES string of the molecule is O=C(NCCCN1CCCC1)[C@@H]1CCCN(c2ncc(-c3ccccc3)cn2)C1. The molecule has 4 rings (SSSR count). The van der Waals surface area contributed by atoms with E-state index in [1.54, 1.807) is 0 Å². The summed E-state index contributed by atoms with van der Waals surface area (Å²) in [6, 6.07) is 10.2. The van der Waals surface area contributed by atoms with E-state index in [1.165, 1.54) is 25.9 Å². The maximum Gasteiger partial charge on any atom is 0.225 e. The molecule has 0 saturated carbocycles. The smallest absolute Gasteiger partial charge is 0.225 e. The molecule has 0 radical (unpaired) electrons. The number of carbonyl (C=O) groups excluding carboxylic acids is 1. The van der Waals surface area contributed by atoms with E-state index < -0.39 is 0 Å². The normalized spacial score (nSPS) is 20.0. The van der Waals surface area contributed by atoms with E-state index in [0.717, 1.165) is 56.0 Å². The van der Waals surface area contributed by atoms with Crippen molar-refractivity contribution in [3.05, 3.63) is 42.7 Å². The lowest BCUT2D eigenvalue weighted by atomic mass is 9.97. The van der Waals surface area contributed by atoms with Gasteiger partial charge in [0.25, 0.3) is 0 Å². The van der Waals surface area contributed by atoms with Gasteiger partial charge in [-0.15, -0.1) is 0 Å². The largest absolute Gasteiger partial charge is 0.356 e. The predicted molar refractivity (Wildman–Crippen MR) is 116 cm³/mol. The molecule has 2 aliphatic rings. The molecule has 3 heterocycles. The molecule has 1 N–H and O–H groups in total. The van der Waals surface area contributed by atoms with Gasteiger partial charge in [-0.2, -0.15) is 0 Å². The van der Waals surface area contributed by atoms with E-state index in [1.807, 2.05) is 30.6 Å². The van der Waals surface area contributed by atoms with Crippen LogP contribution < -0.4 is 10.2 Å². The van der Waals surface area contributed by atoms with Crippen LogP contribution in [0.2, 0.25) is 0 Å². The number of carbonyl (C=O) groups is 1. The van der Waals surface area contributed by atoms with E-state index in [0.29, 0.717) is 6.54 Å². The number of piperidine rings is 1. The van der Waals surface area contributed by atoms with Gasteiger partial charge in [-0.05, 0) is 57.3 Å². The molecule has 0 unspecified atom stereocenters. The molecule has 2 fully saturated rings. The van der Waals surface area contributed by atoms with Crippen molar-refractivity contribution < 1.29 is 4.79 Å². The summed E-state index contributed by atoms with van der Waals surface area (Å²) in [5.41, 5.74) is 2.13. The number of amides is 1. The molecule has 154 valence electrons. The van der Waals surface area contributed by atoms with Crippen molar-refractivity contribution in [2.45, 2.75) is 32.1 Å². The van der Waals surface area contributed by atoms with Gasteiger partial charge in [0.15, 0.2) is 0 Å². The van der Waals surface area contributed by atoms with E-state index in [-0.39, 0.29) is 11.8 Å². The lowest BCUT2D eigenvalue weighted by Gasteiger charge is -2.32. The van der Waals surface area contributed by atoms with E-state index in [4.69, 9.17) is 0 Å². The molecule has 0 bridgehead atoms. The molecule has 29 heavy (non-hydrogen) atoms. The van der Waals surface area contributed by atoms with Crippen LogP contribution in [0.1, 0.15) is 32.1 Å². The van der Waals surface area contributed by atoms with Crippen molar-refractivity contribution in [2.75, 3.05) is 44.2 Å². The van der Waals surface area contributed by atoms with Gasteiger partial charge >= 0.3 is 0 Å². The van der Waals surface area contributed by atoms with Gasteiger partial charge in [0.1, 0.15) is 0 Å². The number of rotatable bonds is 7. The number of hydrogen-bond donors (Lipinski definition) is 1. The van der Waals surface area contributed by atoms with Crippen molar-refractivity contribution in [1.82, 2.24) is 20.2 Å². The zero-order valence-corrected chi connectivity index (χ0v) is 17.1. The first-order valence-corrected chi connectivity index (χ1v) is 10.9. The molecule has 2 saturated heterocycles. The van der Waals surface area contributed by atoms with E-state index in [2.05, 4.69) is 37.2 Å². The van der Waals surface area contributed by atoms with Crippen molar-refractivity contribution >= 4 is 11.9 Å². The summed E-state index contributed by atoms with van der Waals surface area (Å²) in [5.74, 6) is 0.918.